The van der Waals surface area contributed by atoms with Crippen LogP contribution in [-0.4, -0.2) is 28.9 Å². The van der Waals surface area contributed by atoms with E-state index < -0.39 is 0 Å². The van der Waals surface area contributed by atoms with Crippen molar-refractivity contribution < 1.29 is 4.79 Å². The van der Waals surface area contributed by atoms with E-state index in [1.807, 2.05) is 4.90 Å². The number of carbonyl (C=O) groups excluding carboxylic acids is 1. The van der Waals surface area contributed by atoms with Gasteiger partial charge in [-0.3, -0.25) is 4.79 Å². The van der Waals surface area contributed by atoms with Gasteiger partial charge < -0.3 is 10.6 Å². The average Bonchev–Trinajstić information content (AvgIpc) is 3.23. The number of nitrogens with zero attached hydrogens (tertiary/aromatic N) is 2. The van der Waals surface area contributed by atoms with E-state index in [1.54, 1.807) is 18.3 Å². The number of hydrogen-bond acceptors (Lipinski definition) is 3. The van der Waals surface area contributed by atoms with Gasteiger partial charge in [-0.05, 0) is 49.7 Å². The van der Waals surface area contributed by atoms with Crippen molar-refractivity contribution >= 4 is 11.7 Å². The molecule has 2 fully saturated rings. The summed E-state index contributed by atoms with van der Waals surface area (Å²) >= 11 is 0. The summed E-state index contributed by atoms with van der Waals surface area (Å²) in [6.07, 6.45) is 6.68. The van der Waals surface area contributed by atoms with Crippen LogP contribution >= 0.6 is 0 Å². The minimum absolute atomic E-state index is 0.112. The van der Waals surface area contributed by atoms with Crippen LogP contribution in [0.5, 0.6) is 0 Å². The van der Waals surface area contributed by atoms with Crippen LogP contribution in [0.1, 0.15) is 36.0 Å². The van der Waals surface area contributed by atoms with Gasteiger partial charge in [0.2, 0.25) is 0 Å². The van der Waals surface area contributed by atoms with Gasteiger partial charge in [-0.25, -0.2) is 4.98 Å². The molecule has 0 aliphatic heterocycles. The van der Waals surface area contributed by atoms with Crippen LogP contribution in [0.25, 0.3) is 0 Å². The first kappa shape index (κ1) is 11.5. The number of anilines is 1. The largest absolute Gasteiger partial charge is 0.384 e. The molecule has 2 aliphatic carbocycles. The first-order chi connectivity index (χ1) is 8.72. The lowest BCUT2D eigenvalue weighted by molar-refractivity contribution is 0.0739. The summed E-state index contributed by atoms with van der Waals surface area (Å²) in [5.41, 5.74) is 6.21. The molecule has 0 atom stereocenters. The van der Waals surface area contributed by atoms with E-state index in [1.165, 1.54) is 25.7 Å². The quantitative estimate of drug-likeness (QED) is 0.862. The molecule has 3 rings (SSSR count). The molecule has 0 aromatic carbocycles. The van der Waals surface area contributed by atoms with Crippen molar-refractivity contribution in [3.8, 4) is 0 Å². The highest BCUT2D eigenvalue weighted by molar-refractivity contribution is 5.94. The topological polar surface area (TPSA) is 59.2 Å². The standard InChI is InChI=1S/C14H19N3O/c15-13-6-5-12(7-16-13)14(18)17(8-10-1-2-10)9-11-3-4-11/h5-7,10-11H,1-4,8-9H2,(H2,15,16). The first-order valence-corrected chi connectivity index (χ1v) is 6.73. The van der Waals surface area contributed by atoms with Crippen molar-refractivity contribution in [2.24, 2.45) is 11.8 Å². The van der Waals surface area contributed by atoms with Crippen LogP contribution in [0.4, 0.5) is 5.82 Å². The Kier molecular flexibility index (Phi) is 2.94. The molecule has 1 aromatic rings. The van der Waals surface area contributed by atoms with Crippen LogP contribution in [0, 0.1) is 11.8 Å². The fourth-order valence-electron chi connectivity index (χ4n) is 2.18. The molecule has 1 amide bonds. The van der Waals surface area contributed by atoms with Gasteiger partial charge in [-0.15, -0.1) is 0 Å². The van der Waals surface area contributed by atoms with Crippen molar-refractivity contribution in [2.45, 2.75) is 25.7 Å². The van der Waals surface area contributed by atoms with Gasteiger partial charge >= 0.3 is 0 Å². The zero-order chi connectivity index (χ0) is 12.5. The third-order valence-electron chi connectivity index (χ3n) is 3.67. The van der Waals surface area contributed by atoms with Crippen LogP contribution in [-0.2, 0) is 0 Å². The second-order valence-electron chi connectivity index (χ2n) is 5.57. The smallest absolute Gasteiger partial charge is 0.255 e. The maximum Gasteiger partial charge on any atom is 0.255 e. The molecule has 4 heteroatoms. The summed E-state index contributed by atoms with van der Waals surface area (Å²) in [5.74, 6) is 2.03. The number of nitrogen functional groups attached to an aromatic ring is 1. The van der Waals surface area contributed by atoms with E-state index >= 15 is 0 Å². The molecule has 0 bridgehead atoms. The molecule has 0 saturated heterocycles. The molecule has 2 aliphatic rings. The van der Waals surface area contributed by atoms with Crippen LogP contribution in [0.2, 0.25) is 0 Å². The number of rotatable bonds is 5. The van der Waals surface area contributed by atoms with Crippen molar-refractivity contribution in [3.63, 3.8) is 0 Å². The van der Waals surface area contributed by atoms with E-state index in [4.69, 9.17) is 5.73 Å². The highest BCUT2D eigenvalue weighted by atomic mass is 16.2. The fourth-order valence-corrected chi connectivity index (χ4v) is 2.18. The third kappa shape index (κ3) is 2.81. The number of carbonyl (C=O) groups is 1. The lowest BCUT2D eigenvalue weighted by Crippen LogP contribution is -2.34. The van der Waals surface area contributed by atoms with Crippen LogP contribution < -0.4 is 5.73 Å². The molecular weight excluding hydrogens is 226 g/mol. The maximum absolute atomic E-state index is 12.4. The second kappa shape index (κ2) is 4.59. The fraction of sp³-hybridized carbons (Fsp3) is 0.571. The van der Waals surface area contributed by atoms with Gasteiger partial charge in [-0.1, -0.05) is 0 Å². The highest BCUT2D eigenvalue weighted by Gasteiger charge is 2.31. The third-order valence-corrected chi connectivity index (χ3v) is 3.67. The molecule has 2 saturated carbocycles. The van der Waals surface area contributed by atoms with Crippen molar-refractivity contribution in [3.05, 3.63) is 23.9 Å². The van der Waals surface area contributed by atoms with Gasteiger partial charge in [0.25, 0.3) is 5.91 Å². The molecule has 0 spiro atoms. The predicted molar refractivity (Wildman–Crippen MR) is 70.0 cm³/mol. The van der Waals surface area contributed by atoms with Crippen LogP contribution in [0.15, 0.2) is 18.3 Å². The summed E-state index contributed by atoms with van der Waals surface area (Å²) in [6, 6.07) is 3.47. The lowest BCUT2D eigenvalue weighted by Gasteiger charge is -2.22. The number of hydrogen-bond donors (Lipinski definition) is 1. The number of nitrogens with two attached hydrogens (primary N) is 1. The van der Waals surface area contributed by atoms with E-state index in [-0.39, 0.29) is 5.91 Å². The number of aromatic nitrogens is 1. The second-order valence-corrected chi connectivity index (χ2v) is 5.57. The Labute approximate surface area is 107 Å². The monoisotopic (exact) mass is 245 g/mol. The zero-order valence-electron chi connectivity index (χ0n) is 10.5. The SMILES string of the molecule is Nc1ccc(C(=O)N(CC2CC2)CC2CC2)cn1. The summed E-state index contributed by atoms with van der Waals surface area (Å²) < 4.78 is 0. The molecule has 1 heterocycles. The Morgan fingerprint density at radius 3 is 2.28 bits per heavy atom. The van der Waals surface area contributed by atoms with Gasteiger partial charge in [0.1, 0.15) is 5.82 Å². The van der Waals surface area contributed by atoms with Gasteiger partial charge in [0.15, 0.2) is 0 Å². The number of amides is 1. The first-order valence-electron chi connectivity index (χ1n) is 6.73. The van der Waals surface area contributed by atoms with Crippen LogP contribution in [0.3, 0.4) is 0 Å². The van der Waals surface area contributed by atoms with E-state index in [0.29, 0.717) is 11.4 Å². The molecule has 4 nitrogen and oxygen atoms in total. The summed E-state index contributed by atoms with van der Waals surface area (Å²) in [6.45, 7) is 1.83. The van der Waals surface area contributed by atoms with Gasteiger partial charge in [-0.2, -0.15) is 0 Å². The normalized spacial score (nSPS) is 18.7. The van der Waals surface area contributed by atoms with Crippen molar-refractivity contribution in [2.75, 3.05) is 18.8 Å². The predicted octanol–water partition coefficient (Wildman–Crippen LogP) is 1.93. The molecule has 0 unspecified atom stereocenters. The summed E-state index contributed by atoms with van der Waals surface area (Å²) in [7, 11) is 0. The van der Waals surface area contributed by atoms with Crippen molar-refractivity contribution in [1.29, 1.82) is 0 Å². The Hall–Kier alpha value is -1.58. The minimum atomic E-state index is 0.112. The van der Waals surface area contributed by atoms with Gasteiger partial charge in [0.05, 0.1) is 5.56 Å². The van der Waals surface area contributed by atoms with E-state index in [9.17, 15) is 4.79 Å². The Balaban J connectivity index is 1.70. The molecule has 18 heavy (non-hydrogen) atoms. The molecule has 1 aromatic heterocycles. The minimum Gasteiger partial charge on any atom is -0.384 e. The summed E-state index contributed by atoms with van der Waals surface area (Å²) in [4.78, 5) is 18.4. The molecular formula is C14H19N3O. The van der Waals surface area contributed by atoms with E-state index in [2.05, 4.69) is 4.98 Å². The molecule has 96 valence electrons. The van der Waals surface area contributed by atoms with Gasteiger partial charge in [0, 0.05) is 19.3 Å². The lowest BCUT2D eigenvalue weighted by atomic mass is 10.2. The summed E-state index contributed by atoms with van der Waals surface area (Å²) in [5, 5.41) is 0. The molecule has 2 N–H and O–H groups in total. The zero-order valence-corrected chi connectivity index (χ0v) is 10.5. The Bertz CT molecular complexity index is 421. The Morgan fingerprint density at radius 1 is 1.22 bits per heavy atom. The average molecular weight is 245 g/mol. The Morgan fingerprint density at radius 2 is 1.83 bits per heavy atom. The highest BCUT2D eigenvalue weighted by Crippen LogP contribution is 2.34. The van der Waals surface area contributed by atoms with Crippen molar-refractivity contribution in [1.82, 2.24) is 9.88 Å². The molecule has 0 radical (unpaired) electrons. The number of pyridine rings is 1. The maximum atomic E-state index is 12.4. The van der Waals surface area contributed by atoms with E-state index in [0.717, 1.165) is 24.9 Å².